The molecule has 0 radical (unpaired) electrons. The van der Waals surface area contributed by atoms with Crippen LogP contribution in [0.4, 0.5) is 0 Å². The lowest BCUT2D eigenvalue weighted by Gasteiger charge is -2.13. The Labute approximate surface area is 248 Å². The first-order valence-electron chi connectivity index (χ1n) is 14.1. The molecule has 0 fully saturated rings. The lowest BCUT2D eigenvalue weighted by Crippen LogP contribution is -2.26. The zero-order chi connectivity index (χ0) is 29.6. The highest BCUT2D eigenvalue weighted by Gasteiger charge is 2.19. The van der Waals surface area contributed by atoms with Crippen LogP contribution >= 0.6 is 0 Å². The predicted molar refractivity (Wildman–Crippen MR) is 164 cm³/mol. The maximum absolute atomic E-state index is 13.4. The third-order valence-electron chi connectivity index (χ3n) is 7.20. The van der Waals surface area contributed by atoms with Gasteiger partial charge in [0.05, 0.1) is 36.9 Å². The van der Waals surface area contributed by atoms with Crippen LogP contribution in [0.15, 0.2) is 91.0 Å². The van der Waals surface area contributed by atoms with Crippen LogP contribution in [0.1, 0.15) is 28.4 Å². The quantitative estimate of drug-likeness (QED) is 0.216. The molecule has 4 aromatic carbocycles. The van der Waals surface area contributed by atoms with E-state index in [0.717, 1.165) is 39.1 Å². The second-order valence-electron chi connectivity index (χ2n) is 9.92. The van der Waals surface area contributed by atoms with E-state index in [1.54, 1.807) is 7.11 Å². The van der Waals surface area contributed by atoms with Crippen molar-refractivity contribution in [3.05, 3.63) is 108 Å². The Morgan fingerprint density at radius 3 is 2.51 bits per heavy atom. The third kappa shape index (κ3) is 5.94. The monoisotopic (exact) mass is 573 g/mol. The van der Waals surface area contributed by atoms with Crippen molar-refractivity contribution in [2.75, 3.05) is 20.3 Å². The van der Waals surface area contributed by atoms with E-state index in [-0.39, 0.29) is 5.91 Å². The van der Waals surface area contributed by atoms with Crippen molar-refractivity contribution in [2.45, 2.75) is 19.9 Å². The number of methoxy groups -OCH3 is 1. The van der Waals surface area contributed by atoms with Crippen LogP contribution in [0.25, 0.3) is 33.5 Å². The number of hydrogen-bond acceptors (Lipinski definition) is 7. The molecule has 0 bridgehead atoms. The van der Waals surface area contributed by atoms with Crippen molar-refractivity contribution in [1.29, 1.82) is 0 Å². The molecule has 6 rings (SSSR count). The molecule has 6 aromatic rings. The van der Waals surface area contributed by atoms with Gasteiger partial charge in [-0.25, -0.2) is 0 Å². The molecule has 2 heterocycles. The Hall–Kier alpha value is -5.51. The summed E-state index contributed by atoms with van der Waals surface area (Å²) >= 11 is 0. The number of carbonyl (C=O) groups excluding carboxylic acids is 1. The summed E-state index contributed by atoms with van der Waals surface area (Å²) in [6.45, 7) is 3.34. The number of carbonyl (C=O) groups is 1. The van der Waals surface area contributed by atoms with Gasteiger partial charge in [-0.15, -0.1) is 10.2 Å². The van der Waals surface area contributed by atoms with Crippen LogP contribution in [0.3, 0.4) is 0 Å². The van der Waals surface area contributed by atoms with Gasteiger partial charge in [-0.3, -0.25) is 9.36 Å². The van der Waals surface area contributed by atoms with E-state index < -0.39 is 0 Å². The van der Waals surface area contributed by atoms with Crippen LogP contribution in [0, 0.1) is 0 Å². The number of amides is 1. The fourth-order valence-corrected chi connectivity index (χ4v) is 5.16. The number of aromatic amines is 1. The SMILES string of the molecule is CCOc1nc2cccc(C(=O)NCCc3cccc(OC)c3)c2n1Cc1ccc(-c2ccccc2-c2nn[nH]n2)cc1. The fourth-order valence-electron chi connectivity index (χ4n) is 5.16. The van der Waals surface area contributed by atoms with E-state index in [1.807, 2.05) is 78.2 Å². The van der Waals surface area contributed by atoms with E-state index in [0.29, 0.717) is 49.0 Å². The molecular formula is C33H31N7O3. The minimum Gasteiger partial charge on any atom is -0.497 e. The van der Waals surface area contributed by atoms with Crippen LogP contribution in [-0.4, -0.2) is 56.3 Å². The molecule has 0 saturated carbocycles. The lowest BCUT2D eigenvalue weighted by molar-refractivity contribution is 0.0955. The molecule has 2 aromatic heterocycles. The second-order valence-corrected chi connectivity index (χ2v) is 9.92. The molecule has 0 aliphatic carbocycles. The summed E-state index contributed by atoms with van der Waals surface area (Å²) in [7, 11) is 1.65. The van der Waals surface area contributed by atoms with Crippen LogP contribution in [0.2, 0.25) is 0 Å². The Bertz CT molecular complexity index is 1850. The van der Waals surface area contributed by atoms with Gasteiger partial charge in [-0.2, -0.15) is 10.2 Å². The first kappa shape index (κ1) is 27.6. The number of para-hydroxylation sites is 1. The molecule has 0 saturated heterocycles. The molecular weight excluding hydrogens is 542 g/mol. The molecule has 10 heteroatoms. The maximum Gasteiger partial charge on any atom is 0.297 e. The number of imidazole rings is 1. The summed E-state index contributed by atoms with van der Waals surface area (Å²) < 4.78 is 13.2. The summed E-state index contributed by atoms with van der Waals surface area (Å²) in [4.78, 5) is 18.2. The zero-order valence-corrected chi connectivity index (χ0v) is 23.9. The van der Waals surface area contributed by atoms with Gasteiger partial charge in [-0.1, -0.05) is 66.7 Å². The molecule has 0 aliphatic heterocycles. The Kier molecular flexibility index (Phi) is 8.08. The number of ether oxygens (including phenoxy) is 2. The first-order chi connectivity index (χ1) is 21.1. The molecule has 2 N–H and O–H groups in total. The van der Waals surface area contributed by atoms with Crippen LogP contribution in [0.5, 0.6) is 11.8 Å². The molecule has 0 spiro atoms. The Morgan fingerprint density at radius 1 is 0.930 bits per heavy atom. The van der Waals surface area contributed by atoms with E-state index in [2.05, 4.69) is 50.2 Å². The second kappa shape index (κ2) is 12.6. The summed E-state index contributed by atoms with van der Waals surface area (Å²) in [5.41, 5.74) is 7.04. The number of H-pyrrole nitrogens is 1. The average molecular weight is 574 g/mol. The van der Waals surface area contributed by atoms with Crippen molar-refractivity contribution in [3.8, 4) is 34.3 Å². The molecule has 0 aliphatic rings. The lowest BCUT2D eigenvalue weighted by atomic mass is 9.98. The average Bonchev–Trinajstić information content (AvgIpc) is 3.70. The number of tetrazole rings is 1. The third-order valence-corrected chi connectivity index (χ3v) is 7.20. The van der Waals surface area contributed by atoms with Gasteiger partial charge >= 0.3 is 0 Å². The maximum atomic E-state index is 13.4. The summed E-state index contributed by atoms with van der Waals surface area (Å²) in [5, 5.41) is 17.6. The van der Waals surface area contributed by atoms with Crippen molar-refractivity contribution in [2.24, 2.45) is 0 Å². The number of nitrogens with one attached hydrogen (secondary N) is 2. The topological polar surface area (TPSA) is 120 Å². The van der Waals surface area contributed by atoms with Crippen molar-refractivity contribution >= 4 is 16.9 Å². The van der Waals surface area contributed by atoms with Crippen molar-refractivity contribution in [3.63, 3.8) is 0 Å². The molecule has 43 heavy (non-hydrogen) atoms. The van der Waals surface area contributed by atoms with Crippen molar-refractivity contribution in [1.82, 2.24) is 35.5 Å². The van der Waals surface area contributed by atoms with E-state index in [9.17, 15) is 4.79 Å². The zero-order valence-electron chi connectivity index (χ0n) is 23.9. The van der Waals surface area contributed by atoms with Gasteiger partial charge in [0, 0.05) is 12.1 Å². The van der Waals surface area contributed by atoms with Gasteiger partial charge in [-0.05, 0) is 65.1 Å². The molecule has 216 valence electrons. The highest BCUT2D eigenvalue weighted by molar-refractivity contribution is 6.05. The van der Waals surface area contributed by atoms with Gasteiger partial charge in [0.15, 0.2) is 0 Å². The van der Waals surface area contributed by atoms with Gasteiger partial charge in [0.2, 0.25) is 5.82 Å². The summed E-state index contributed by atoms with van der Waals surface area (Å²) in [6, 6.07) is 30.1. The molecule has 1 amide bonds. The largest absolute Gasteiger partial charge is 0.497 e. The molecule has 10 nitrogen and oxygen atoms in total. The Balaban J connectivity index is 1.26. The minimum atomic E-state index is -0.161. The van der Waals surface area contributed by atoms with Gasteiger partial charge in [0.25, 0.3) is 11.9 Å². The highest BCUT2D eigenvalue weighted by Crippen LogP contribution is 2.31. The molecule has 0 atom stereocenters. The van der Waals surface area contributed by atoms with Crippen LogP contribution in [-0.2, 0) is 13.0 Å². The number of aromatic nitrogens is 6. The summed E-state index contributed by atoms with van der Waals surface area (Å²) in [5.74, 6) is 1.18. The van der Waals surface area contributed by atoms with Crippen molar-refractivity contribution < 1.29 is 14.3 Å². The number of benzene rings is 4. The number of hydrogen-bond donors (Lipinski definition) is 2. The number of rotatable bonds is 11. The highest BCUT2D eigenvalue weighted by atomic mass is 16.5. The van der Waals surface area contributed by atoms with Gasteiger partial charge < -0.3 is 14.8 Å². The van der Waals surface area contributed by atoms with E-state index in [4.69, 9.17) is 14.5 Å². The molecule has 0 unspecified atom stereocenters. The normalized spacial score (nSPS) is 11.0. The van der Waals surface area contributed by atoms with Crippen LogP contribution < -0.4 is 14.8 Å². The van der Waals surface area contributed by atoms with E-state index >= 15 is 0 Å². The predicted octanol–water partition coefficient (Wildman–Crippen LogP) is 5.31. The van der Waals surface area contributed by atoms with Gasteiger partial charge in [0.1, 0.15) is 5.75 Å². The first-order valence-corrected chi connectivity index (χ1v) is 14.1. The number of nitrogens with zero attached hydrogens (tertiary/aromatic N) is 5. The van der Waals surface area contributed by atoms with E-state index in [1.165, 1.54) is 0 Å². The number of fused-ring (bicyclic) bond motifs is 1. The minimum absolute atomic E-state index is 0.161. The summed E-state index contributed by atoms with van der Waals surface area (Å²) in [6.07, 6.45) is 0.685. The Morgan fingerprint density at radius 2 is 1.74 bits per heavy atom. The standard InChI is InChI=1S/C33H31N7O3/c1-3-43-33-35-29-13-7-12-28(32(41)34-19-18-22-8-6-9-25(20-22)42-2)30(29)40(33)21-23-14-16-24(17-15-23)26-10-4-5-11-27(26)31-36-38-39-37-31/h4-17,20H,3,18-19,21H2,1-2H3,(H,34,41)(H,36,37,38,39). The smallest absolute Gasteiger partial charge is 0.297 e. The fraction of sp³-hybridized carbons (Fsp3) is 0.182.